The molecule has 0 bridgehead atoms. The highest BCUT2D eigenvalue weighted by atomic mass is 19.1. The standard InChI is InChI=1S/C16H21FO3/c1-16(2)7-5-12(6-8-16)20-10-11-3-4-13(15(18)19)14(17)9-11/h3-4,9,12H,5-8,10H2,1-2H3,(H,18,19). The van der Waals surface area contributed by atoms with Crippen LogP contribution in [0.2, 0.25) is 0 Å². The highest BCUT2D eigenvalue weighted by molar-refractivity contribution is 5.87. The number of ether oxygens (including phenoxy) is 1. The Labute approximate surface area is 118 Å². The molecule has 0 atom stereocenters. The number of carboxylic acid groups (broad SMARTS) is 1. The highest BCUT2D eigenvalue weighted by Gasteiger charge is 2.27. The molecule has 2 rings (SSSR count). The van der Waals surface area contributed by atoms with Crippen molar-refractivity contribution < 1.29 is 19.0 Å². The SMILES string of the molecule is CC1(C)CCC(OCc2ccc(C(=O)O)c(F)c2)CC1. The second-order valence-electron chi connectivity index (χ2n) is 6.29. The molecule has 0 radical (unpaired) electrons. The van der Waals surface area contributed by atoms with Gasteiger partial charge in [0.15, 0.2) is 0 Å². The van der Waals surface area contributed by atoms with E-state index in [0.717, 1.165) is 25.7 Å². The van der Waals surface area contributed by atoms with Crippen LogP contribution in [-0.4, -0.2) is 17.2 Å². The summed E-state index contributed by atoms with van der Waals surface area (Å²) < 4.78 is 19.3. The molecular weight excluding hydrogens is 259 g/mol. The first-order valence-electron chi connectivity index (χ1n) is 7.01. The Kier molecular flexibility index (Phi) is 4.43. The maximum absolute atomic E-state index is 13.5. The maximum Gasteiger partial charge on any atom is 0.338 e. The van der Waals surface area contributed by atoms with Crippen LogP contribution in [0.25, 0.3) is 0 Å². The lowest BCUT2D eigenvalue weighted by Gasteiger charge is -2.34. The van der Waals surface area contributed by atoms with Crippen molar-refractivity contribution >= 4 is 5.97 Å². The predicted octanol–water partition coefficient (Wildman–Crippen LogP) is 4.01. The second-order valence-corrected chi connectivity index (χ2v) is 6.29. The summed E-state index contributed by atoms with van der Waals surface area (Å²) >= 11 is 0. The van der Waals surface area contributed by atoms with E-state index in [1.807, 2.05) is 0 Å². The number of hydrogen-bond acceptors (Lipinski definition) is 2. The van der Waals surface area contributed by atoms with Crippen LogP contribution in [0.15, 0.2) is 18.2 Å². The molecule has 1 saturated carbocycles. The Morgan fingerprint density at radius 2 is 2.05 bits per heavy atom. The van der Waals surface area contributed by atoms with E-state index in [9.17, 15) is 9.18 Å². The molecule has 1 N–H and O–H groups in total. The zero-order valence-electron chi connectivity index (χ0n) is 12.0. The minimum absolute atomic E-state index is 0.227. The molecule has 1 aliphatic carbocycles. The maximum atomic E-state index is 13.5. The predicted molar refractivity (Wildman–Crippen MR) is 74.2 cm³/mol. The Morgan fingerprint density at radius 1 is 1.40 bits per heavy atom. The summed E-state index contributed by atoms with van der Waals surface area (Å²) in [5, 5.41) is 8.77. The quantitative estimate of drug-likeness (QED) is 0.906. The molecule has 0 unspecified atom stereocenters. The summed E-state index contributed by atoms with van der Waals surface area (Å²) in [6, 6.07) is 4.15. The number of carbonyl (C=O) groups is 1. The molecule has 3 nitrogen and oxygen atoms in total. The molecule has 0 spiro atoms. The Balaban J connectivity index is 1.89. The average molecular weight is 280 g/mol. The van der Waals surface area contributed by atoms with Crippen LogP contribution in [0, 0.1) is 11.2 Å². The Bertz CT molecular complexity index is 486. The van der Waals surface area contributed by atoms with Crippen LogP contribution in [0.4, 0.5) is 4.39 Å². The van der Waals surface area contributed by atoms with Crippen molar-refractivity contribution in [2.45, 2.75) is 52.2 Å². The van der Waals surface area contributed by atoms with Gasteiger partial charge in [-0.15, -0.1) is 0 Å². The first-order chi connectivity index (χ1) is 9.37. The van der Waals surface area contributed by atoms with Gasteiger partial charge in [-0.25, -0.2) is 9.18 Å². The molecule has 1 aromatic rings. The number of aromatic carboxylic acids is 1. The van der Waals surface area contributed by atoms with E-state index in [0.29, 0.717) is 17.6 Å². The first kappa shape index (κ1) is 15.0. The molecule has 1 aliphatic rings. The van der Waals surface area contributed by atoms with E-state index in [2.05, 4.69) is 13.8 Å². The number of rotatable bonds is 4. The third-order valence-corrected chi connectivity index (χ3v) is 4.04. The minimum Gasteiger partial charge on any atom is -0.478 e. The van der Waals surface area contributed by atoms with Crippen molar-refractivity contribution in [3.05, 3.63) is 35.1 Å². The van der Waals surface area contributed by atoms with E-state index in [1.54, 1.807) is 6.07 Å². The smallest absolute Gasteiger partial charge is 0.338 e. The van der Waals surface area contributed by atoms with Crippen molar-refractivity contribution in [1.82, 2.24) is 0 Å². The number of halogens is 1. The molecule has 4 heteroatoms. The fourth-order valence-corrected chi connectivity index (χ4v) is 2.58. The first-order valence-corrected chi connectivity index (χ1v) is 7.01. The minimum atomic E-state index is -1.25. The van der Waals surface area contributed by atoms with Gasteiger partial charge in [0.25, 0.3) is 0 Å². The van der Waals surface area contributed by atoms with Gasteiger partial charge in [-0.1, -0.05) is 19.9 Å². The zero-order valence-corrected chi connectivity index (χ0v) is 12.0. The van der Waals surface area contributed by atoms with Gasteiger partial charge in [0.1, 0.15) is 5.82 Å². The van der Waals surface area contributed by atoms with Gasteiger partial charge < -0.3 is 9.84 Å². The number of benzene rings is 1. The summed E-state index contributed by atoms with van der Waals surface area (Å²) in [4.78, 5) is 10.7. The van der Waals surface area contributed by atoms with Crippen LogP contribution < -0.4 is 0 Å². The third kappa shape index (κ3) is 3.79. The molecule has 110 valence electrons. The fraction of sp³-hybridized carbons (Fsp3) is 0.562. The van der Waals surface area contributed by atoms with Gasteiger partial charge in [-0.3, -0.25) is 0 Å². The van der Waals surface area contributed by atoms with Crippen LogP contribution in [0.5, 0.6) is 0 Å². The van der Waals surface area contributed by atoms with Gasteiger partial charge in [-0.2, -0.15) is 0 Å². The molecule has 1 aromatic carbocycles. The highest BCUT2D eigenvalue weighted by Crippen LogP contribution is 2.36. The van der Waals surface area contributed by atoms with E-state index < -0.39 is 11.8 Å². The summed E-state index contributed by atoms with van der Waals surface area (Å²) in [6.45, 7) is 4.87. The van der Waals surface area contributed by atoms with Gasteiger partial charge in [-0.05, 0) is 48.8 Å². The lowest BCUT2D eigenvalue weighted by atomic mass is 9.76. The van der Waals surface area contributed by atoms with Gasteiger partial charge in [0, 0.05) is 0 Å². The van der Waals surface area contributed by atoms with Crippen molar-refractivity contribution in [3.8, 4) is 0 Å². The average Bonchev–Trinajstić information content (AvgIpc) is 2.37. The second kappa shape index (κ2) is 5.92. The molecule has 20 heavy (non-hydrogen) atoms. The monoisotopic (exact) mass is 280 g/mol. The van der Waals surface area contributed by atoms with Crippen molar-refractivity contribution in [2.24, 2.45) is 5.41 Å². The Hall–Kier alpha value is -1.42. The van der Waals surface area contributed by atoms with E-state index in [4.69, 9.17) is 9.84 Å². The van der Waals surface area contributed by atoms with E-state index >= 15 is 0 Å². The normalized spacial score (nSPS) is 18.9. The number of carboxylic acids is 1. The topological polar surface area (TPSA) is 46.5 Å². The molecular formula is C16H21FO3. The zero-order chi connectivity index (χ0) is 14.8. The molecule has 0 heterocycles. The summed E-state index contributed by atoms with van der Waals surface area (Å²) in [6.07, 6.45) is 4.57. The summed E-state index contributed by atoms with van der Waals surface area (Å²) in [7, 11) is 0. The Morgan fingerprint density at radius 3 is 2.60 bits per heavy atom. The van der Waals surface area contributed by atoms with Crippen molar-refractivity contribution in [2.75, 3.05) is 0 Å². The molecule has 0 amide bonds. The van der Waals surface area contributed by atoms with Gasteiger partial charge in [0.05, 0.1) is 18.3 Å². The summed E-state index contributed by atoms with van der Waals surface area (Å²) in [5.74, 6) is -1.95. The van der Waals surface area contributed by atoms with E-state index in [1.165, 1.54) is 12.1 Å². The van der Waals surface area contributed by atoms with Gasteiger partial charge >= 0.3 is 5.97 Å². The van der Waals surface area contributed by atoms with Crippen molar-refractivity contribution in [1.29, 1.82) is 0 Å². The third-order valence-electron chi connectivity index (χ3n) is 4.04. The van der Waals surface area contributed by atoms with Gasteiger partial charge in [0.2, 0.25) is 0 Å². The fourth-order valence-electron chi connectivity index (χ4n) is 2.58. The summed E-state index contributed by atoms with van der Waals surface area (Å²) in [5.41, 5.74) is 0.778. The van der Waals surface area contributed by atoms with Crippen LogP contribution in [-0.2, 0) is 11.3 Å². The molecule has 0 saturated heterocycles. The van der Waals surface area contributed by atoms with Crippen molar-refractivity contribution in [3.63, 3.8) is 0 Å². The van der Waals surface area contributed by atoms with Crippen LogP contribution in [0.3, 0.4) is 0 Å². The lowest BCUT2D eigenvalue weighted by molar-refractivity contribution is -0.00567. The molecule has 0 aliphatic heterocycles. The molecule has 0 aromatic heterocycles. The number of hydrogen-bond donors (Lipinski definition) is 1. The van der Waals surface area contributed by atoms with Crippen LogP contribution in [0.1, 0.15) is 55.5 Å². The lowest BCUT2D eigenvalue weighted by Crippen LogP contribution is -2.26. The van der Waals surface area contributed by atoms with Crippen LogP contribution >= 0.6 is 0 Å². The molecule has 1 fully saturated rings. The van der Waals surface area contributed by atoms with E-state index in [-0.39, 0.29) is 11.7 Å². The largest absolute Gasteiger partial charge is 0.478 e.